The van der Waals surface area contributed by atoms with Crippen LogP contribution in [0.3, 0.4) is 0 Å². The lowest BCUT2D eigenvalue weighted by Crippen LogP contribution is -2.61. The van der Waals surface area contributed by atoms with Crippen molar-refractivity contribution < 1.29 is 23.9 Å². The van der Waals surface area contributed by atoms with Crippen LogP contribution in [-0.4, -0.2) is 54.8 Å². The van der Waals surface area contributed by atoms with E-state index in [0.717, 1.165) is 16.9 Å². The second-order valence-corrected chi connectivity index (χ2v) is 9.18. The zero-order chi connectivity index (χ0) is 24.7. The summed E-state index contributed by atoms with van der Waals surface area (Å²) in [6, 6.07) is 14.2. The van der Waals surface area contributed by atoms with Crippen molar-refractivity contribution in [3.8, 4) is 5.75 Å². The Bertz CT molecular complexity index is 993. The summed E-state index contributed by atoms with van der Waals surface area (Å²) in [4.78, 5) is 38.0. The van der Waals surface area contributed by atoms with Crippen LogP contribution in [0.2, 0.25) is 0 Å². The topological polar surface area (TPSA) is 109 Å². The highest BCUT2D eigenvalue weighted by Crippen LogP contribution is 2.16. The average Bonchev–Trinajstić information content (AvgIpc) is 2.75. The molecule has 1 heterocycles. The summed E-state index contributed by atoms with van der Waals surface area (Å²) < 4.78 is 10.4. The van der Waals surface area contributed by atoms with Gasteiger partial charge in [0, 0.05) is 25.3 Å². The standard InChI is InChI=1S/C25H32N4O5/c1-25(2,3)34-24(32)29-15-20(16-29)27-22(30)13-17-5-9-19(10-6-17)28-23(31)26-14-18-7-11-21(33-4)12-8-18/h5-12,20H,13-16H2,1-4H3,(H,27,30)(H2,26,28,31). The highest BCUT2D eigenvalue weighted by molar-refractivity contribution is 5.89. The Morgan fingerprint density at radius 1 is 0.971 bits per heavy atom. The third-order valence-corrected chi connectivity index (χ3v) is 5.09. The molecule has 0 spiro atoms. The van der Waals surface area contributed by atoms with Gasteiger partial charge in [0.05, 0.1) is 19.6 Å². The molecule has 0 radical (unpaired) electrons. The fourth-order valence-corrected chi connectivity index (χ4v) is 3.32. The molecule has 2 aromatic rings. The summed E-state index contributed by atoms with van der Waals surface area (Å²) in [5.41, 5.74) is 1.87. The van der Waals surface area contributed by atoms with Crippen LogP contribution in [0.15, 0.2) is 48.5 Å². The fraction of sp³-hybridized carbons (Fsp3) is 0.400. The minimum Gasteiger partial charge on any atom is -0.497 e. The number of rotatable bonds is 7. The van der Waals surface area contributed by atoms with Crippen molar-refractivity contribution in [2.24, 2.45) is 0 Å². The van der Waals surface area contributed by atoms with E-state index in [9.17, 15) is 14.4 Å². The van der Waals surface area contributed by atoms with Gasteiger partial charge in [-0.05, 0) is 56.2 Å². The lowest BCUT2D eigenvalue weighted by molar-refractivity contribution is -0.122. The highest BCUT2D eigenvalue weighted by atomic mass is 16.6. The number of anilines is 1. The number of urea groups is 1. The first-order valence-corrected chi connectivity index (χ1v) is 11.2. The Labute approximate surface area is 199 Å². The van der Waals surface area contributed by atoms with Crippen LogP contribution in [0.5, 0.6) is 5.75 Å². The maximum absolute atomic E-state index is 12.3. The first kappa shape index (κ1) is 24.9. The van der Waals surface area contributed by atoms with E-state index in [1.165, 1.54) is 0 Å². The van der Waals surface area contributed by atoms with E-state index in [1.54, 1.807) is 36.3 Å². The van der Waals surface area contributed by atoms with Crippen molar-refractivity contribution >= 4 is 23.7 Å². The quantitative estimate of drug-likeness (QED) is 0.578. The van der Waals surface area contributed by atoms with Crippen molar-refractivity contribution in [2.45, 2.75) is 45.4 Å². The molecule has 0 aromatic heterocycles. The van der Waals surface area contributed by atoms with Crippen molar-refractivity contribution in [3.63, 3.8) is 0 Å². The molecule has 2 aromatic carbocycles. The van der Waals surface area contributed by atoms with Gasteiger partial charge in [-0.2, -0.15) is 0 Å². The van der Waals surface area contributed by atoms with Crippen LogP contribution in [0.25, 0.3) is 0 Å². The van der Waals surface area contributed by atoms with Gasteiger partial charge >= 0.3 is 12.1 Å². The second kappa shape index (κ2) is 10.9. The zero-order valence-electron chi connectivity index (χ0n) is 20.0. The van der Waals surface area contributed by atoms with Gasteiger partial charge in [-0.15, -0.1) is 0 Å². The Balaban J connectivity index is 1.36. The van der Waals surface area contributed by atoms with Crippen LogP contribution in [0, 0.1) is 0 Å². The van der Waals surface area contributed by atoms with Gasteiger partial charge in [0.2, 0.25) is 5.91 Å². The number of ether oxygens (including phenoxy) is 2. The number of carbonyl (C=O) groups is 3. The SMILES string of the molecule is COc1ccc(CNC(=O)Nc2ccc(CC(=O)NC3CN(C(=O)OC(C)(C)C)C3)cc2)cc1. The van der Waals surface area contributed by atoms with Crippen molar-refractivity contribution in [2.75, 3.05) is 25.5 Å². The van der Waals surface area contributed by atoms with Gasteiger partial charge in [-0.1, -0.05) is 24.3 Å². The van der Waals surface area contributed by atoms with E-state index < -0.39 is 5.60 Å². The van der Waals surface area contributed by atoms with Crippen molar-refractivity contribution in [1.29, 1.82) is 0 Å². The first-order valence-electron chi connectivity index (χ1n) is 11.2. The molecule has 0 unspecified atom stereocenters. The van der Waals surface area contributed by atoms with Crippen LogP contribution in [0.4, 0.5) is 15.3 Å². The third-order valence-electron chi connectivity index (χ3n) is 5.09. The molecule has 9 heteroatoms. The normalized spacial score (nSPS) is 13.5. The monoisotopic (exact) mass is 468 g/mol. The fourth-order valence-electron chi connectivity index (χ4n) is 3.32. The largest absolute Gasteiger partial charge is 0.497 e. The van der Waals surface area contributed by atoms with Gasteiger partial charge < -0.3 is 30.3 Å². The highest BCUT2D eigenvalue weighted by Gasteiger charge is 2.34. The van der Waals surface area contributed by atoms with Crippen molar-refractivity contribution in [1.82, 2.24) is 15.5 Å². The van der Waals surface area contributed by atoms with Crippen LogP contribution < -0.4 is 20.7 Å². The number of nitrogens with one attached hydrogen (secondary N) is 3. The summed E-state index contributed by atoms with van der Waals surface area (Å²) in [7, 11) is 1.61. The molecule has 1 fully saturated rings. The van der Waals surface area contributed by atoms with E-state index in [2.05, 4.69) is 16.0 Å². The van der Waals surface area contributed by atoms with Crippen LogP contribution in [0.1, 0.15) is 31.9 Å². The molecule has 34 heavy (non-hydrogen) atoms. The van der Waals surface area contributed by atoms with E-state index in [1.807, 2.05) is 45.0 Å². The van der Waals surface area contributed by atoms with Gasteiger partial charge in [0.25, 0.3) is 0 Å². The lowest BCUT2D eigenvalue weighted by Gasteiger charge is -2.40. The maximum Gasteiger partial charge on any atom is 0.410 e. The lowest BCUT2D eigenvalue weighted by atomic mass is 10.1. The molecule has 0 saturated carbocycles. The molecule has 0 atom stereocenters. The molecule has 3 rings (SSSR count). The van der Waals surface area contributed by atoms with Gasteiger partial charge in [-0.25, -0.2) is 9.59 Å². The number of likely N-dealkylation sites (tertiary alicyclic amines) is 1. The van der Waals surface area contributed by atoms with Crippen LogP contribution >= 0.6 is 0 Å². The Morgan fingerprint density at radius 3 is 2.18 bits per heavy atom. The molecule has 9 nitrogen and oxygen atoms in total. The number of hydrogen-bond donors (Lipinski definition) is 3. The average molecular weight is 469 g/mol. The molecule has 4 amide bonds. The molecule has 0 aliphatic carbocycles. The van der Waals surface area contributed by atoms with Gasteiger partial charge in [0.15, 0.2) is 0 Å². The van der Waals surface area contributed by atoms with E-state index in [4.69, 9.17) is 9.47 Å². The molecule has 182 valence electrons. The van der Waals surface area contributed by atoms with E-state index in [0.29, 0.717) is 25.3 Å². The minimum absolute atomic E-state index is 0.0737. The number of amides is 4. The predicted octanol–water partition coefficient (Wildman–Crippen LogP) is 3.29. The summed E-state index contributed by atoms with van der Waals surface area (Å²) in [5, 5.41) is 8.49. The van der Waals surface area contributed by atoms with Gasteiger partial charge in [0.1, 0.15) is 11.4 Å². The maximum atomic E-state index is 12.3. The molecular formula is C25H32N4O5. The summed E-state index contributed by atoms with van der Waals surface area (Å²) in [5.74, 6) is 0.643. The first-order chi connectivity index (χ1) is 16.1. The zero-order valence-corrected chi connectivity index (χ0v) is 20.0. The Morgan fingerprint density at radius 2 is 1.59 bits per heavy atom. The van der Waals surface area contributed by atoms with Crippen LogP contribution in [-0.2, 0) is 22.5 Å². The Hall–Kier alpha value is -3.75. The summed E-state index contributed by atoms with van der Waals surface area (Å²) in [6.07, 6.45) is -0.151. The van der Waals surface area contributed by atoms with E-state index >= 15 is 0 Å². The molecule has 1 saturated heterocycles. The molecular weight excluding hydrogens is 436 g/mol. The molecule has 1 aliphatic heterocycles. The smallest absolute Gasteiger partial charge is 0.410 e. The van der Waals surface area contributed by atoms with Gasteiger partial charge in [-0.3, -0.25) is 4.79 Å². The second-order valence-electron chi connectivity index (χ2n) is 9.18. The Kier molecular flexibility index (Phi) is 7.99. The minimum atomic E-state index is -0.538. The number of benzene rings is 2. The third kappa shape index (κ3) is 7.68. The number of methoxy groups -OCH3 is 1. The number of carbonyl (C=O) groups excluding carboxylic acids is 3. The number of nitrogens with zero attached hydrogens (tertiary/aromatic N) is 1. The molecule has 1 aliphatic rings. The molecule has 0 bridgehead atoms. The number of hydrogen-bond acceptors (Lipinski definition) is 5. The predicted molar refractivity (Wildman–Crippen MR) is 129 cm³/mol. The summed E-state index contributed by atoms with van der Waals surface area (Å²) >= 11 is 0. The molecule has 3 N–H and O–H groups in total. The summed E-state index contributed by atoms with van der Waals surface area (Å²) in [6.45, 7) is 6.73. The van der Waals surface area contributed by atoms with E-state index in [-0.39, 0.29) is 30.5 Å². The van der Waals surface area contributed by atoms with Crippen molar-refractivity contribution in [3.05, 3.63) is 59.7 Å².